The van der Waals surface area contributed by atoms with Crippen LogP contribution in [0.25, 0.3) is 0 Å². The van der Waals surface area contributed by atoms with Crippen LogP contribution in [-0.4, -0.2) is 37.4 Å². The monoisotopic (exact) mass is 487 g/mol. The zero-order valence-corrected chi connectivity index (χ0v) is 19.0. The summed E-state index contributed by atoms with van der Waals surface area (Å²) in [5.41, 5.74) is 0.972. The predicted molar refractivity (Wildman–Crippen MR) is 124 cm³/mol. The maximum absolute atomic E-state index is 13.5. The Hall–Kier alpha value is -3.37. The summed E-state index contributed by atoms with van der Waals surface area (Å²) < 4.78 is 55.3. The summed E-state index contributed by atoms with van der Waals surface area (Å²) in [7, 11) is -4.04. The Bertz CT molecular complexity index is 1260. The van der Waals surface area contributed by atoms with Crippen molar-refractivity contribution >= 4 is 21.4 Å². The second kappa shape index (κ2) is 9.86. The minimum Gasteiger partial charge on any atom is -0.299 e. The van der Waals surface area contributed by atoms with Gasteiger partial charge in [-0.05, 0) is 61.4 Å². The van der Waals surface area contributed by atoms with E-state index in [1.165, 1.54) is 46.8 Å². The van der Waals surface area contributed by atoms with Crippen molar-refractivity contribution in [1.82, 2.24) is 4.90 Å². The van der Waals surface area contributed by atoms with E-state index in [0.717, 1.165) is 12.1 Å². The van der Waals surface area contributed by atoms with Gasteiger partial charge in [0.15, 0.2) is 0 Å². The number of likely N-dealkylation sites (tertiary alicyclic amines) is 1. The molecule has 0 amide bonds. The highest BCUT2D eigenvalue weighted by Crippen LogP contribution is 2.31. The van der Waals surface area contributed by atoms with Crippen LogP contribution in [0.15, 0.2) is 77.7 Å². The highest BCUT2D eigenvalue weighted by molar-refractivity contribution is 7.92. The first-order valence-electron chi connectivity index (χ1n) is 10.8. The van der Waals surface area contributed by atoms with Gasteiger partial charge in [-0.25, -0.2) is 17.2 Å². The van der Waals surface area contributed by atoms with Crippen molar-refractivity contribution in [3.63, 3.8) is 0 Å². The quantitative estimate of drug-likeness (QED) is 0.355. The van der Waals surface area contributed by atoms with Gasteiger partial charge in [-0.1, -0.05) is 18.2 Å². The number of nitro groups is 1. The van der Waals surface area contributed by atoms with Crippen LogP contribution in [0.3, 0.4) is 0 Å². The Kier molecular flexibility index (Phi) is 6.90. The topological polar surface area (TPSA) is 83.8 Å². The van der Waals surface area contributed by atoms with E-state index >= 15 is 0 Å². The van der Waals surface area contributed by atoms with Crippen molar-refractivity contribution in [2.75, 3.05) is 17.4 Å². The van der Waals surface area contributed by atoms with Crippen molar-refractivity contribution in [3.05, 3.63) is 100 Å². The average Bonchev–Trinajstić information content (AvgIpc) is 2.82. The fraction of sp³-hybridized carbons (Fsp3) is 0.250. The molecule has 0 bridgehead atoms. The summed E-state index contributed by atoms with van der Waals surface area (Å²) in [6.45, 7) is 1.42. The summed E-state index contributed by atoms with van der Waals surface area (Å²) in [5.74, 6) is -1.03. The third kappa shape index (κ3) is 5.07. The molecule has 1 fully saturated rings. The Balaban J connectivity index is 1.57. The van der Waals surface area contributed by atoms with Gasteiger partial charge in [0, 0.05) is 37.3 Å². The molecule has 4 rings (SSSR count). The van der Waals surface area contributed by atoms with E-state index in [2.05, 4.69) is 0 Å². The maximum atomic E-state index is 13.5. The van der Waals surface area contributed by atoms with Crippen LogP contribution in [-0.2, 0) is 16.6 Å². The van der Waals surface area contributed by atoms with Crippen LogP contribution in [0, 0.1) is 21.7 Å². The lowest BCUT2D eigenvalue weighted by Gasteiger charge is -2.39. The van der Waals surface area contributed by atoms with Crippen LogP contribution in [0.2, 0.25) is 0 Å². The van der Waals surface area contributed by atoms with Gasteiger partial charge in [-0.15, -0.1) is 0 Å². The number of para-hydroxylation sites is 1. The Labute approximate surface area is 196 Å². The number of piperidine rings is 1. The van der Waals surface area contributed by atoms with E-state index in [1.54, 1.807) is 18.2 Å². The number of hydrogen-bond donors (Lipinski definition) is 0. The van der Waals surface area contributed by atoms with Gasteiger partial charge in [0.25, 0.3) is 15.7 Å². The smallest absolute Gasteiger partial charge is 0.273 e. The van der Waals surface area contributed by atoms with Crippen LogP contribution < -0.4 is 4.31 Å². The van der Waals surface area contributed by atoms with E-state index in [-0.39, 0.29) is 10.6 Å². The molecule has 34 heavy (non-hydrogen) atoms. The molecule has 0 radical (unpaired) electrons. The number of anilines is 1. The number of benzene rings is 3. The molecule has 0 atom stereocenters. The fourth-order valence-corrected chi connectivity index (χ4v) is 5.94. The second-order valence-electron chi connectivity index (χ2n) is 8.12. The zero-order chi connectivity index (χ0) is 24.3. The highest BCUT2D eigenvalue weighted by atomic mass is 32.2. The second-order valence-corrected chi connectivity index (χ2v) is 9.94. The summed E-state index contributed by atoms with van der Waals surface area (Å²) in [6.07, 6.45) is 0.941. The van der Waals surface area contributed by atoms with E-state index < -0.39 is 32.6 Å². The van der Waals surface area contributed by atoms with E-state index in [1.807, 2.05) is 4.90 Å². The first-order valence-corrected chi connectivity index (χ1v) is 12.2. The van der Waals surface area contributed by atoms with Gasteiger partial charge in [-0.3, -0.25) is 19.3 Å². The number of nitro benzene ring substituents is 1. The number of sulfonamides is 1. The van der Waals surface area contributed by atoms with Gasteiger partial charge in [-0.2, -0.15) is 0 Å². The van der Waals surface area contributed by atoms with Crippen molar-refractivity contribution in [2.45, 2.75) is 30.3 Å². The minimum absolute atomic E-state index is 0.0523. The van der Waals surface area contributed by atoms with Crippen LogP contribution >= 0.6 is 0 Å². The maximum Gasteiger partial charge on any atom is 0.273 e. The highest BCUT2D eigenvalue weighted by Gasteiger charge is 2.34. The molecule has 178 valence electrons. The van der Waals surface area contributed by atoms with Gasteiger partial charge in [0.1, 0.15) is 11.6 Å². The SMILES string of the molecule is O=[N+]([O-])c1ccccc1CN1CCC(N(c2ccc(F)cc2)S(=O)(=O)c2ccc(F)cc2)CC1. The standard InChI is InChI=1S/C24H23F2N3O4S/c25-19-5-9-21(10-6-19)28(34(32,33)23-11-7-20(26)8-12-23)22-13-15-27(16-14-22)17-18-3-1-2-4-24(18)29(30)31/h1-12,22H,13-17H2. The van der Waals surface area contributed by atoms with Crippen molar-refractivity contribution in [2.24, 2.45) is 0 Å². The molecular weight excluding hydrogens is 464 g/mol. The number of halogens is 2. The molecule has 1 aliphatic rings. The molecule has 0 N–H and O–H groups in total. The van der Waals surface area contributed by atoms with Gasteiger partial charge >= 0.3 is 0 Å². The summed E-state index contributed by atoms with van der Waals surface area (Å²) >= 11 is 0. The molecular formula is C24H23F2N3O4S. The Morgan fingerprint density at radius 1 is 0.912 bits per heavy atom. The number of nitrogens with zero attached hydrogens (tertiary/aromatic N) is 3. The summed E-state index contributed by atoms with van der Waals surface area (Å²) in [4.78, 5) is 12.9. The largest absolute Gasteiger partial charge is 0.299 e. The first-order chi connectivity index (χ1) is 16.3. The zero-order valence-electron chi connectivity index (χ0n) is 18.2. The molecule has 0 unspecified atom stereocenters. The summed E-state index contributed by atoms with van der Waals surface area (Å²) in [6, 6.07) is 16.0. The molecule has 1 saturated heterocycles. The lowest BCUT2D eigenvalue weighted by atomic mass is 10.0. The lowest BCUT2D eigenvalue weighted by Crippen LogP contribution is -2.47. The molecule has 3 aromatic rings. The van der Waals surface area contributed by atoms with E-state index in [4.69, 9.17) is 0 Å². The Morgan fingerprint density at radius 2 is 1.47 bits per heavy atom. The molecule has 0 aromatic heterocycles. The van der Waals surface area contributed by atoms with Crippen LogP contribution in [0.1, 0.15) is 18.4 Å². The summed E-state index contributed by atoms with van der Waals surface area (Å²) in [5, 5.41) is 11.3. The third-order valence-corrected chi connectivity index (χ3v) is 7.82. The molecule has 1 heterocycles. The molecule has 0 aliphatic carbocycles. The van der Waals surface area contributed by atoms with Gasteiger partial charge < -0.3 is 0 Å². The van der Waals surface area contributed by atoms with Gasteiger partial charge in [0.2, 0.25) is 0 Å². The molecule has 7 nitrogen and oxygen atoms in total. The third-order valence-electron chi connectivity index (χ3n) is 5.92. The number of rotatable bonds is 7. The molecule has 0 saturated carbocycles. The van der Waals surface area contributed by atoms with Gasteiger partial charge in [0.05, 0.1) is 15.5 Å². The molecule has 3 aromatic carbocycles. The van der Waals surface area contributed by atoms with E-state index in [0.29, 0.717) is 43.7 Å². The van der Waals surface area contributed by atoms with Crippen molar-refractivity contribution < 1.29 is 22.1 Å². The predicted octanol–water partition coefficient (Wildman–Crippen LogP) is 4.73. The Morgan fingerprint density at radius 3 is 2.06 bits per heavy atom. The van der Waals surface area contributed by atoms with Crippen LogP contribution in [0.5, 0.6) is 0 Å². The van der Waals surface area contributed by atoms with Crippen molar-refractivity contribution in [3.8, 4) is 0 Å². The average molecular weight is 488 g/mol. The molecule has 1 aliphatic heterocycles. The normalized spacial score (nSPS) is 15.2. The van der Waals surface area contributed by atoms with E-state index in [9.17, 15) is 27.3 Å². The first kappa shape index (κ1) is 23.8. The van der Waals surface area contributed by atoms with Crippen LogP contribution in [0.4, 0.5) is 20.2 Å². The number of hydrogen-bond acceptors (Lipinski definition) is 5. The lowest BCUT2D eigenvalue weighted by molar-refractivity contribution is -0.385. The minimum atomic E-state index is -4.04. The molecule has 0 spiro atoms. The fourth-order valence-electron chi connectivity index (χ4n) is 4.23. The van der Waals surface area contributed by atoms with Crippen molar-refractivity contribution in [1.29, 1.82) is 0 Å². The molecule has 10 heteroatoms.